The molecule has 102 valence electrons. The molecule has 1 N–H and O–H groups in total. The average molecular weight is 240 g/mol. The molecular weight excluding hydrogens is 208 g/mol. The second kappa shape index (κ2) is 8.10. The van der Waals surface area contributed by atoms with Gasteiger partial charge in [-0.25, -0.2) is 0 Å². The van der Waals surface area contributed by atoms with E-state index in [1.54, 1.807) is 0 Å². The highest BCUT2D eigenvalue weighted by molar-refractivity contribution is 4.84. The van der Waals surface area contributed by atoms with Crippen molar-refractivity contribution in [2.75, 3.05) is 26.7 Å². The largest absolute Gasteiger partial charge is 0.314 e. The van der Waals surface area contributed by atoms with Gasteiger partial charge >= 0.3 is 0 Å². The summed E-state index contributed by atoms with van der Waals surface area (Å²) in [6.07, 6.45) is 6.75. The lowest BCUT2D eigenvalue weighted by Crippen LogP contribution is -2.27. The van der Waals surface area contributed by atoms with Gasteiger partial charge in [-0.3, -0.25) is 0 Å². The van der Waals surface area contributed by atoms with Gasteiger partial charge in [-0.1, -0.05) is 20.3 Å². The number of hydrogen-bond donors (Lipinski definition) is 1. The number of nitrogens with one attached hydrogen (secondary N) is 1. The molecule has 1 aliphatic carbocycles. The molecule has 3 atom stereocenters. The lowest BCUT2D eigenvalue weighted by Gasteiger charge is -2.17. The fourth-order valence-electron chi connectivity index (χ4n) is 2.47. The van der Waals surface area contributed by atoms with E-state index in [0.717, 1.165) is 11.8 Å². The van der Waals surface area contributed by atoms with E-state index in [9.17, 15) is 0 Å². The zero-order valence-electron chi connectivity index (χ0n) is 12.3. The predicted octanol–water partition coefficient (Wildman–Crippen LogP) is 3.13. The van der Waals surface area contributed by atoms with Crippen molar-refractivity contribution in [2.24, 2.45) is 11.8 Å². The first-order valence-electron chi connectivity index (χ1n) is 7.55. The topological polar surface area (TPSA) is 15.3 Å². The maximum Gasteiger partial charge on any atom is 0.00387 e. The summed E-state index contributed by atoms with van der Waals surface area (Å²) in [4.78, 5) is 2.53. The van der Waals surface area contributed by atoms with Crippen LogP contribution in [0.25, 0.3) is 0 Å². The molecule has 0 aromatic heterocycles. The van der Waals surface area contributed by atoms with Crippen LogP contribution in [0.1, 0.15) is 52.9 Å². The normalized spacial score (nSPS) is 25.2. The van der Waals surface area contributed by atoms with E-state index in [0.29, 0.717) is 6.04 Å². The van der Waals surface area contributed by atoms with Gasteiger partial charge in [0.25, 0.3) is 0 Å². The molecule has 0 saturated heterocycles. The summed E-state index contributed by atoms with van der Waals surface area (Å²) in [6.45, 7) is 10.7. The van der Waals surface area contributed by atoms with E-state index >= 15 is 0 Å². The van der Waals surface area contributed by atoms with Gasteiger partial charge in [-0.05, 0) is 64.6 Å². The predicted molar refractivity (Wildman–Crippen MR) is 76.4 cm³/mol. The maximum atomic E-state index is 3.55. The van der Waals surface area contributed by atoms with Crippen molar-refractivity contribution in [1.29, 1.82) is 0 Å². The van der Waals surface area contributed by atoms with E-state index in [4.69, 9.17) is 0 Å². The molecule has 0 bridgehead atoms. The van der Waals surface area contributed by atoms with E-state index in [1.165, 1.54) is 51.7 Å². The molecule has 0 amide bonds. The summed E-state index contributed by atoms with van der Waals surface area (Å²) in [5.41, 5.74) is 0. The summed E-state index contributed by atoms with van der Waals surface area (Å²) in [5.74, 6) is 2.00. The smallest absolute Gasteiger partial charge is 0.00387 e. The Morgan fingerprint density at radius 1 is 1.35 bits per heavy atom. The summed E-state index contributed by atoms with van der Waals surface area (Å²) in [7, 11) is 2.28. The van der Waals surface area contributed by atoms with Gasteiger partial charge in [-0.2, -0.15) is 0 Å². The summed E-state index contributed by atoms with van der Waals surface area (Å²) in [6, 6.07) is 0.698. The molecular formula is C15H32N2. The molecule has 2 nitrogen and oxygen atoms in total. The third kappa shape index (κ3) is 7.05. The lowest BCUT2D eigenvalue weighted by atomic mass is 10.1. The molecule has 3 unspecified atom stereocenters. The Morgan fingerprint density at radius 3 is 2.65 bits per heavy atom. The van der Waals surface area contributed by atoms with E-state index in [2.05, 4.69) is 38.0 Å². The van der Waals surface area contributed by atoms with Gasteiger partial charge in [0.1, 0.15) is 0 Å². The van der Waals surface area contributed by atoms with Gasteiger partial charge in [-0.15, -0.1) is 0 Å². The fraction of sp³-hybridized carbons (Fsp3) is 1.00. The van der Waals surface area contributed by atoms with Gasteiger partial charge in [0.2, 0.25) is 0 Å². The first-order valence-corrected chi connectivity index (χ1v) is 7.55. The monoisotopic (exact) mass is 240 g/mol. The van der Waals surface area contributed by atoms with Gasteiger partial charge in [0.05, 0.1) is 0 Å². The Morgan fingerprint density at radius 2 is 2.06 bits per heavy atom. The molecule has 1 fully saturated rings. The molecule has 1 saturated carbocycles. The summed E-state index contributed by atoms with van der Waals surface area (Å²) in [5, 5.41) is 3.55. The van der Waals surface area contributed by atoms with Crippen LogP contribution in [0.3, 0.4) is 0 Å². The van der Waals surface area contributed by atoms with Crippen LogP contribution >= 0.6 is 0 Å². The van der Waals surface area contributed by atoms with Gasteiger partial charge in [0, 0.05) is 12.6 Å². The zero-order valence-corrected chi connectivity index (χ0v) is 12.3. The fourth-order valence-corrected chi connectivity index (χ4v) is 2.47. The molecule has 0 radical (unpaired) electrons. The second-order valence-corrected chi connectivity index (χ2v) is 6.09. The zero-order chi connectivity index (χ0) is 12.7. The van der Waals surface area contributed by atoms with Crippen LogP contribution in [0.5, 0.6) is 0 Å². The Hall–Kier alpha value is -0.0800. The Bertz CT molecular complexity index is 193. The van der Waals surface area contributed by atoms with Crippen molar-refractivity contribution in [2.45, 2.75) is 58.9 Å². The molecule has 0 aliphatic heterocycles. The number of unbranched alkanes of at least 4 members (excludes halogenated alkanes) is 1. The van der Waals surface area contributed by atoms with E-state index < -0.39 is 0 Å². The van der Waals surface area contributed by atoms with Crippen LogP contribution in [0.4, 0.5) is 0 Å². The highest BCUT2D eigenvalue weighted by Crippen LogP contribution is 2.37. The van der Waals surface area contributed by atoms with E-state index in [1.807, 2.05) is 0 Å². The Kier molecular flexibility index (Phi) is 7.14. The van der Waals surface area contributed by atoms with E-state index in [-0.39, 0.29) is 0 Å². The third-order valence-electron chi connectivity index (χ3n) is 3.99. The molecule has 0 aromatic carbocycles. The lowest BCUT2D eigenvalue weighted by molar-refractivity contribution is 0.304. The van der Waals surface area contributed by atoms with Crippen LogP contribution in [0, 0.1) is 11.8 Å². The standard InChI is InChI=1S/C15H32N2/c1-5-9-16-14(3)8-6-7-10-17(4)12-15-11-13(15)2/h13-16H,5-12H2,1-4H3. The molecule has 17 heavy (non-hydrogen) atoms. The Balaban J connectivity index is 1.89. The minimum Gasteiger partial charge on any atom is -0.314 e. The highest BCUT2D eigenvalue weighted by Gasteiger charge is 2.32. The summed E-state index contributed by atoms with van der Waals surface area (Å²) >= 11 is 0. The average Bonchev–Trinajstić information content (AvgIpc) is 2.97. The van der Waals surface area contributed by atoms with Crippen molar-refractivity contribution in [1.82, 2.24) is 10.2 Å². The van der Waals surface area contributed by atoms with Gasteiger partial charge in [0.15, 0.2) is 0 Å². The number of nitrogens with zero attached hydrogens (tertiary/aromatic N) is 1. The van der Waals surface area contributed by atoms with Crippen LogP contribution < -0.4 is 5.32 Å². The first kappa shape index (κ1) is 15.0. The van der Waals surface area contributed by atoms with Crippen LogP contribution in [-0.2, 0) is 0 Å². The van der Waals surface area contributed by atoms with Crippen LogP contribution in [-0.4, -0.2) is 37.6 Å². The van der Waals surface area contributed by atoms with Gasteiger partial charge < -0.3 is 10.2 Å². The van der Waals surface area contributed by atoms with Crippen LogP contribution in [0.15, 0.2) is 0 Å². The SMILES string of the molecule is CCCNC(C)CCCCN(C)CC1CC1C. The molecule has 0 spiro atoms. The molecule has 0 heterocycles. The van der Waals surface area contributed by atoms with Crippen molar-refractivity contribution < 1.29 is 0 Å². The van der Waals surface area contributed by atoms with Crippen LogP contribution in [0.2, 0.25) is 0 Å². The van der Waals surface area contributed by atoms with Crippen molar-refractivity contribution in [3.05, 3.63) is 0 Å². The second-order valence-electron chi connectivity index (χ2n) is 6.09. The maximum absolute atomic E-state index is 3.55. The minimum absolute atomic E-state index is 0.698. The molecule has 1 rings (SSSR count). The molecule has 1 aliphatic rings. The first-order chi connectivity index (χ1) is 8.13. The Labute approximate surface area is 108 Å². The molecule has 2 heteroatoms. The minimum atomic E-state index is 0.698. The highest BCUT2D eigenvalue weighted by atomic mass is 15.1. The van der Waals surface area contributed by atoms with Crippen molar-refractivity contribution >= 4 is 0 Å². The number of hydrogen-bond acceptors (Lipinski definition) is 2. The summed E-state index contributed by atoms with van der Waals surface area (Å²) < 4.78 is 0. The number of rotatable bonds is 10. The third-order valence-corrected chi connectivity index (χ3v) is 3.99. The molecule has 0 aromatic rings. The quantitative estimate of drug-likeness (QED) is 0.590. The van der Waals surface area contributed by atoms with Crippen molar-refractivity contribution in [3.63, 3.8) is 0 Å². The van der Waals surface area contributed by atoms with Crippen molar-refractivity contribution in [3.8, 4) is 0 Å².